The van der Waals surface area contributed by atoms with Crippen LogP contribution in [0.25, 0.3) is 0 Å². The summed E-state index contributed by atoms with van der Waals surface area (Å²) in [6.45, 7) is 3.09. The van der Waals surface area contributed by atoms with E-state index >= 15 is 0 Å². The summed E-state index contributed by atoms with van der Waals surface area (Å²) in [6, 6.07) is 20.5. The lowest BCUT2D eigenvalue weighted by molar-refractivity contribution is 0.0982. The molecule has 1 aromatic heterocycles. The third-order valence-corrected chi connectivity index (χ3v) is 4.15. The van der Waals surface area contributed by atoms with Gasteiger partial charge in [-0.05, 0) is 48.9 Å². The van der Waals surface area contributed by atoms with Gasteiger partial charge >= 0.3 is 0 Å². The average Bonchev–Trinajstić information content (AvgIpc) is 2.69. The molecule has 0 fully saturated rings. The molecule has 3 rings (SSSR count). The number of halogens is 1. The van der Waals surface area contributed by atoms with Crippen molar-refractivity contribution in [3.63, 3.8) is 0 Å². The molecular formula is C20H19ClN4O. The van der Waals surface area contributed by atoms with Crippen molar-refractivity contribution >= 4 is 29.0 Å². The molecule has 2 aromatic carbocycles. The smallest absolute Gasteiger partial charge is 0.278 e. The zero-order valence-corrected chi connectivity index (χ0v) is 15.1. The van der Waals surface area contributed by atoms with E-state index in [2.05, 4.69) is 15.5 Å². The topological polar surface area (TPSA) is 58.1 Å². The average molecular weight is 367 g/mol. The highest BCUT2D eigenvalue weighted by atomic mass is 35.5. The summed E-state index contributed by atoms with van der Waals surface area (Å²) in [7, 11) is 0. The largest absolute Gasteiger partial charge is 0.365 e. The second-order valence-corrected chi connectivity index (χ2v) is 6.11. The molecule has 6 heteroatoms. The van der Waals surface area contributed by atoms with Gasteiger partial charge in [-0.2, -0.15) is 0 Å². The number of anilines is 2. The maximum absolute atomic E-state index is 12.7. The molecule has 0 saturated carbocycles. The maximum atomic E-state index is 12.7. The molecule has 0 unspecified atom stereocenters. The Hall–Kier alpha value is -2.92. The molecule has 0 atom stereocenters. The summed E-state index contributed by atoms with van der Waals surface area (Å²) in [5.74, 6) is 0.440. The summed E-state index contributed by atoms with van der Waals surface area (Å²) < 4.78 is 0. The first-order valence-electron chi connectivity index (χ1n) is 8.36. The molecule has 0 saturated heterocycles. The Balaban J connectivity index is 1.66. The number of carbonyl (C=O) groups is 1. The van der Waals surface area contributed by atoms with E-state index in [0.29, 0.717) is 29.6 Å². The molecule has 0 aliphatic heterocycles. The van der Waals surface area contributed by atoms with Gasteiger partial charge < -0.3 is 10.2 Å². The number of hydrogen-bond donors (Lipinski definition) is 1. The summed E-state index contributed by atoms with van der Waals surface area (Å²) in [5.41, 5.74) is 2.23. The number of amides is 1. The van der Waals surface area contributed by atoms with Crippen LogP contribution in [0, 0.1) is 0 Å². The fourth-order valence-electron chi connectivity index (χ4n) is 2.53. The van der Waals surface area contributed by atoms with E-state index < -0.39 is 0 Å². The minimum atomic E-state index is -0.171. The Morgan fingerprint density at radius 1 is 1.00 bits per heavy atom. The number of nitrogens with one attached hydrogen (secondary N) is 1. The van der Waals surface area contributed by atoms with Crippen molar-refractivity contribution in [2.45, 2.75) is 13.5 Å². The van der Waals surface area contributed by atoms with Crippen molar-refractivity contribution in [3.05, 3.63) is 83.0 Å². The number of aromatic nitrogens is 2. The van der Waals surface area contributed by atoms with Crippen LogP contribution >= 0.6 is 11.6 Å². The van der Waals surface area contributed by atoms with Crippen LogP contribution in [0.5, 0.6) is 0 Å². The van der Waals surface area contributed by atoms with E-state index in [1.807, 2.05) is 61.5 Å². The van der Waals surface area contributed by atoms with E-state index in [0.717, 1.165) is 11.3 Å². The zero-order chi connectivity index (χ0) is 18.4. The van der Waals surface area contributed by atoms with Gasteiger partial charge in [-0.3, -0.25) is 4.79 Å². The first-order chi connectivity index (χ1) is 12.7. The van der Waals surface area contributed by atoms with Crippen LogP contribution in [-0.2, 0) is 6.54 Å². The van der Waals surface area contributed by atoms with Crippen molar-refractivity contribution < 1.29 is 4.79 Å². The van der Waals surface area contributed by atoms with Crippen LogP contribution in [0.3, 0.4) is 0 Å². The molecule has 1 heterocycles. The number of rotatable bonds is 6. The number of benzene rings is 2. The summed E-state index contributed by atoms with van der Waals surface area (Å²) in [4.78, 5) is 14.4. The maximum Gasteiger partial charge on any atom is 0.278 e. The lowest BCUT2D eigenvalue weighted by Crippen LogP contribution is -2.31. The van der Waals surface area contributed by atoms with Crippen molar-refractivity contribution in [2.24, 2.45) is 0 Å². The molecule has 1 amide bonds. The summed E-state index contributed by atoms with van der Waals surface area (Å²) >= 11 is 5.88. The molecule has 0 radical (unpaired) electrons. The summed E-state index contributed by atoms with van der Waals surface area (Å²) in [6.07, 6.45) is 0. The van der Waals surface area contributed by atoms with Crippen LogP contribution in [0.4, 0.5) is 11.5 Å². The molecule has 0 spiro atoms. The number of nitrogens with zero attached hydrogens (tertiary/aromatic N) is 3. The van der Waals surface area contributed by atoms with Gasteiger partial charge in [0.1, 0.15) is 5.82 Å². The van der Waals surface area contributed by atoms with Crippen molar-refractivity contribution in [2.75, 3.05) is 16.8 Å². The van der Waals surface area contributed by atoms with Crippen LogP contribution in [-0.4, -0.2) is 22.6 Å². The summed E-state index contributed by atoms with van der Waals surface area (Å²) in [5, 5.41) is 12.1. The zero-order valence-electron chi connectivity index (χ0n) is 14.4. The molecule has 0 aliphatic carbocycles. The third kappa shape index (κ3) is 4.37. The first kappa shape index (κ1) is 17.9. The fraction of sp³-hybridized carbons (Fsp3) is 0.150. The Kier molecular flexibility index (Phi) is 5.81. The van der Waals surface area contributed by atoms with E-state index in [9.17, 15) is 4.79 Å². The lowest BCUT2D eigenvalue weighted by atomic mass is 10.2. The highest BCUT2D eigenvalue weighted by Crippen LogP contribution is 2.16. The number of hydrogen-bond acceptors (Lipinski definition) is 4. The predicted molar refractivity (Wildman–Crippen MR) is 105 cm³/mol. The highest BCUT2D eigenvalue weighted by molar-refractivity contribution is 6.30. The second-order valence-electron chi connectivity index (χ2n) is 5.67. The first-order valence-corrected chi connectivity index (χ1v) is 8.74. The monoisotopic (exact) mass is 366 g/mol. The third-order valence-electron chi connectivity index (χ3n) is 3.90. The highest BCUT2D eigenvalue weighted by Gasteiger charge is 2.17. The molecule has 0 bridgehead atoms. The van der Waals surface area contributed by atoms with Crippen LogP contribution in [0.2, 0.25) is 5.02 Å². The van der Waals surface area contributed by atoms with Gasteiger partial charge in [0.2, 0.25) is 0 Å². The van der Waals surface area contributed by atoms with E-state index in [4.69, 9.17) is 11.6 Å². The van der Waals surface area contributed by atoms with Gasteiger partial charge in [0, 0.05) is 23.8 Å². The predicted octanol–water partition coefficient (Wildman–Crippen LogP) is 4.41. The Labute approximate surface area is 157 Å². The van der Waals surface area contributed by atoms with Crippen molar-refractivity contribution in [1.29, 1.82) is 0 Å². The number of carbonyl (C=O) groups excluding carboxylic acids is 1. The minimum absolute atomic E-state index is 0.171. The Bertz CT molecular complexity index is 851. The van der Waals surface area contributed by atoms with Crippen molar-refractivity contribution in [1.82, 2.24) is 10.2 Å². The molecule has 0 aliphatic rings. The number of para-hydroxylation sites is 1. The Morgan fingerprint density at radius 2 is 1.73 bits per heavy atom. The van der Waals surface area contributed by atoms with Crippen molar-refractivity contribution in [3.8, 4) is 0 Å². The normalized spacial score (nSPS) is 10.4. The van der Waals surface area contributed by atoms with Gasteiger partial charge in [-0.15, -0.1) is 10.2 Å². The van der Waals surface area contributed by atoms with Gasteiger partial charge in [-0.25, -0.2) is 0 Å². The van der Waals surface area contributed by atoms with Gasteiger partial charge in [0.25, 0.3) is 5.91 Å². The Morgan fingerprint density at radius 3 is 2.35 bits per heavy atom. The standard InChI is InChI=1S/C20H19ClN4O/c1-2-25(17-6-4-3-5-7-17)20(26)18-12-13-19(24-23-18)22-14-15-8-10-16(21)11-9-15/h3-13H,2,14H2,1H3,(H,22,24). The van der Waals surface area contributed by atoms with Gasteiger partial charge in [0.15, 0.2) is 5.69 Å². The van der Waals surface area contributed by atoms with E-state index in [1.165, 1.54) is 0 Å². The SMILES string of the molecule is CCN(C(=O)c1ccc(NCc2ccc(Cl)cc2)nn1)c1ccccc1. The molecular weight excluding hydrogens is 348 g/mol. The van der Waals surface area contributed by atoms with Crippen LogP contribution in [0.15, 0.2) is 66.7 Å². The molecule has 3 aromatic rings. The van der Waals surface area contributed by atoms with Crippen LogP contribution < -0.4 is 10.2 Å². The quantitative estimate of drug-likeness (QED) is 0.702. The second kappa shape index (κ2) is 8.45. The molecule has 1 N–H and O–H groups in total. The van der Waals surface area contributed by atoms with E-state index in [1.54, 1.807) is 17.0 Å². The van der Waals surface area contributed by atoms with E-state index in [-0.39, 0.29) is 5.91 Å². The van der Waals surface area contributed by atoms with Gasteiger partial charge in [-0.1, -0.05) is 41.9 Å². The minimum Gasteiger partial charge on any atom is -0.365 e. The van der Waals surface area contributed by atoms with Gasteiger partial charge in [0.05, 0.1) is 0 Å². The lowest BCUT2D eigenvalue weighted by Gasteiger charge is -2.20. The molecule has 26 heavy (non-hydrogen) atoms. The van der Waals surface area contributed by atoms with Crippen LogP contribution in [0.1, 0.15) is 23.0 Å². The fourth-order valence-corrected chi connectivity index (χ4v) is 2.65. The molecule has 5 nitrogen and oxygen atoms in total. The molecule has 132 valence electrons.